The summed E-state index contributed by atoms with van der Waals surface area (Å²) in [5, 5.41) is 0. The summed E-state index contributed by atoms with van der Waals surface area (Å²) in [7, 11) is -12.2. The molecule has 4 nitrogen and oxygen atoms in total. The van der Waals surface area contributed by atoms with Crippen LogP contribution in [0.5, 0.6) is 0 Å². The van der Waals surface area contributed by atoms with Crippen molar-refractivity contribution >= 4 is 29.5 Å². The van der Waals surface area contributed by atoms with Gasteiger partial charge in [0.05, 0.1) is 9.81 Å². The van der Waals surface area contributed by atoms with Crippen LogP contribution < -0.4 is 0 Å². The van der Waals surface area contributed by atoms with Gasteiger partial charge in [-0.3, -0.25) is 0 Å². The predicted molar refractivity (Wildman–Crippen MR) is 115 cm³/mol. The quantitative estimate of drug-likeness (QED) is 0.460. The van der Waals surface area contributed by atoms with Crippen molar-refractivity contribution in [1.29, 1.82) is 0 Å². The molecule has 0 saturated carbocycles. The molecule has 1 aliphatic rings. The first kappa shape index (κ1) is 25.8. The van der Waals surface area contributed by atoms with Gasteiger partial charge < -0.3 is 0 Å². The minimum Gasteiger partial charge on any atom is -0.214 e. The molecule has 1 aliphatic carbocycles. The van der Waals surface area contributed by atoms with Gasteiger partial charge in [-0.05, 0) is 36.1 Å². The van der Waals surface area contributed by atoms with E-state index >= 15 is 0 Å². The molecule has 0 atom stereocenters. The third-order valence-electron chi connectivity index (χ3n) is 5.24. The highest BCUT2D eigenvalue weighted by Gasteiger charge is 2.54. The van der Waals surface area contributed by atoms with Crippen molar-refractivity contribution in [2.45, 2.75) is 24.9 Å². The summed E-state index contributed by atoms with van der Waals surface area (Å²) >= 11 is 0. The van der Waals surface area contributed by atoms with Gasteiger partial charge in [-0.15, -0.1) is 0 Å². The highest BCUT2D eigenvalue weighted by Crippen LogP contribution is 2.53. The summed E-state index contributed by atoms with van der Waals surface area (Å²) in [4.78, 5) is -2.63. The maximum Gasteiger partial charge on any atom is 0.501 e. The van der Waals surface area contributed by atoms with E-state index < -0.39 is 62.8 Å². The summed E-state index contributed by atoms with van der Waals surface area (Å²) in [5.74, 6) is 0. The summed E-state index contributed by atoms with van der Waals surface area (Å²) in [6, 6.07) is 12.0. The third-order valence-corrected chi connectivity index (χ3v) is 8.41. The van der Waals surface area contributed by atoms with Crippen LogP contribution in [0.3, 0.4) is 0 Å². The van der Waals surface area contributed by atoms with Crippen LogP contribution in [-0.4, -0.2) is 27.9 Å². The van der Waals surface area contributed by atoms with Gasteiger partial charge in [0.2, 0.25) is 0 Å². The smallest absolute Gasteiger partial charge is 0.214 e. The Labute approximate surface area is 191 Å². The first-order chi connectivity index (χ1) is 15.5. The molecule has 3 rings (SSSR count). The largest absolute Gasteiger partial charge is 0.501 e. The minimum atomic E-state index is -6.10. The fourth-order valence-electron chi connectivity index (χ4n) is 3.53. The number of rotatable bonds is 4. The lowest BCUT2D eigenvalue weighted by molar-refractivity contribution is -0.0427. The Morgan fingerprint density at radius 1 is 0.559 bits per heavy atom. The molecule has 12 heteroatoms. The molecule has 0 unspecified atom stereocenters. The molecule has 2 aromatic carbocycles. The Balaban J connectivity index is 2.62. The average molecular weight is 522 g/mol. The normalized spacial score (nSPS) is 18.5. The van der Waals surface area contributed by atoms with Crippen molar-refractivity contribution in [3.05, 3.63) is 94.1 Å². The molecule has 0 N–H and O–H groups in total. The molecule has 2 aromatic rings. The lowest BCUT2D eigenvalue weighted by Crippen LogP contribution is -2.30. The van der Waals surface area contributed by atoms with E-state index in [4.69, 9.17) is 0 Å². The zero-order valence-electron chi connectivity index (χ0n) is 17.5. The Morgan fingerprint density at radius 3 is 1.06 bits per heavy atom. The van der Waals surface area contributed by atoms with Crippen LogP contribution in [0.2, 0.25) is 0 Å². The monoisotopic (exact) mass is 522 g/mol. The van der Waals surface area contributed by atoms with Crippen LogP contribution >= 0.6 is 0 Å². The molecule has 0 amide bonds. The second-order valence-corrected chi connectivity index (χ2v) is 11.0. The summed E-state index contributed by atoms with van der Waals surface area (Å²) in [6.45, 7) is 2.43. The maximum atomic E-state index is 13.6. The summed E-state index contributed by atoms with van der Waals surface area (Å²) in [6.07, 6.45) is 0. The number of alkyl halides is 6. The number of allylic oxidation sites excluding steroid dienone is 4. The van der Waals surface area contributed by atoms with Gasteiger partial charge in [0.1, 0.15) is 0 Å². The molecule has 0 heterocycles. The number of benzene rings is 2. The van der Waals surface area contributed by atoms with Gasteiger partial charge in [0.25, 0.3) is 19.7 Å². The van der Waals surface area contributed by atoms with Crippen molar-refractivity contribution in [3.8, 4) is 0 Å². The zero-order chi connectivity index (χ0) is 25.7. The van der Waals surface area contributed by atoms with E-state index in [2.05, 4.69) is 0 Å². The SMILES string of the molecule is CC1=C(C)C(=C(/c2ccccc2)S(=O)(=O)C(F)(F)F)/C1=C(/c1ccccc1)S(=O)(=O)C(F)(F)F. The second-order valence-electron chi connectivity index (χ2n) is 7.29. The van der Waals surface area contributed by atoms with E-state index in [0.717, 1.165) is 24.3 Å². The Hall–Kier alpha value is -2.86. The fourth-order valence-corrected chi connectivity index (χ4v) is 5.94. The van der Waals surface area contributed by atoms with Crippen LogP contribution in [0.15, 0.2) is 83.0 Å². The topological polar surface area (TPSA) is 68.3 Å². The zero-order valence-corrected chi connectivity index (χ0v) is 19.1. The first-order valence-corrected chi connectivity index (χ1v) is 12.4. The van der Waals surface area contributed by atoms with Crippen molar-refractivity contribution < 1.29 is 43.2 Å². The van der Waals surface area contributed by atoms with Crippen LogP contribution in [0.1, 0.15) is 25.0 Å². The third kappa shape index (κ3) is 4.09. The Morgan fingerprint density at radius 2 is 0.824 bits per heavy atom. The van der Waals surface area contributed by atoms with Crippen LogP contribution in [0.25, 0.3) is 9.81 Å². The van der Waals surface area contributed by atoms with Gasteiger partial charge in [0.15, 0.2) is 0 Å². The Kier molecular flexibility index (Phi) is 6.38. The standard InChI is InChI=1S/C22H16F6O4S2/c1-13-14(2)18(20(16-11-7-4-8-12-16)34(31,32)22(26,27)28)17(13)19(15-9-5-3-6-10-15)33(29,30)21(23,24)25/h3-12H,1-2H3/b19-17-,20-18+. The first-order valence-electron chi connectivity index (χ1n) is 9.44. The average Bonchev–Trinajstić information content (AvgIpc) is 2.75. The second kappa shape index (κ2) is 8.42. The van der Waals surface area contributed by atoms with Gasteiger partial charge in [-0.25, -0.2) is 16.8 Å². The van der Waals surface area contributed by atoms with Gasteiger partial charge in [-0.2, -0.15) is 26.3 Å². The number of hydrogen-bond donors (Lipinski definition) is 0. The van der Waals surface area contributed by atoms with E-state index in [0.29, 0.717) is 0 Å². The lowest BCUT2D eigenvalue weighted by atomic mass is 9.77. The predicted octanol–water partition coefficient (Wildman–Crippen LogP) is 6.03. The van der Waals surface area contributed by atoms with Crippen LogP contribution in [0, 0.1) is 0 Å². The molecule has 0 spiro atoms. The van der Waals surface area contributed by atoms with Crippen LogP contribution in [0.4, 0.5) is 26.3 Å². The fraction of sp³-hybridized carbons (Fsp3) is 0.182. The summed E-state index contributed by atoms with van der Waals surface area (Å²) in [5.41, 5.74) is -14.1. The number of halogens is 6. The van der Waals surface area contributed by atoms with Gasteiger partial charge in [0, 0.05) is 11.1 Å². The minimum absolute atomic E-state index is 0.0764. The highest BCUT2D eigenvalue weighted by molar-refractivity contribution is 8.02. The van der Waals surface area contributed by atoms with E-state index in [-0.39, 0.29) is 11.1 Å². The number of sulfone groups is 2. The molecule has 0 aromatic heterocycles. The van der Waals surface area contributed by atoms with Crippen molar-refractivity contribution in [2.75, 3.05) is 0 Å². The maximum absolute atomic E-state index is 13.6. The molecule has 34 heavy (non-hydrogen) atoms. The molecule has 0 aliphatic heterocycles. The Bertz CT molecular complexity index is 1320. The van der Waals surface area contributed by atoms with E-state index in [9.17, 15) is 43.2 Å². The molecule has 0 radical (unpaired) electrons. The molecule has 0 saturated heterocycles. The van der Waals surface area contributed by atoms with E-state index in [1.807, 2.05) is 0 Å². The van der Waals surface area contributed by atoms with Crippen LogP contribution in [-0.2, 0) is 19.7 Å². The molecular formula is C22H16F6O4S2. The number of hydrogen-bond acceptors (Lipinski definition) is 4. The lowest BCUT2D eigenvalue weighted by Gasteiger charge is -2.32. The van der Waals surface area contributed by atoms with E-state index in [1.54, 1.807) is 0 Å². The van der Waals surface area contributed by atoms with Gasteiger partial charge in [-0.1, -0.05) is 60.7 Å². The summed E-state index contributed by atoms with van der Waals surface area (Å²) < 4.78 is 132. The van der Waals surface area contributed by atoms with Crippen molar-refractivity contribution in [1.82, 2.24) is 0 Å². The van der Waals surface area contributed by atoms with Crippen molar-refractivity contribution in [2.24, 2.45) is 0 Å². The van der Waals surface area contributed by atoms with Gasteiger partial charge >= 0.3 is 11.0 Å². The molecule has 0 bridgehead atoms. The molecular weight excluding hydrogens is 506 g/mol. The highest BCUT2D eigenvalue weighted by atomic mass is 32.2. The molecule has 0 fully saturated rings. The molecule has 182 valence electrons. The van der Waals surface area contributed by atoms with E-state index in [1.165, 1.54) is 50.2 Å². The van der Waals surface area contributed by atoms with Crippen molar-refractivity contribution in [3.63, 3.8) is 0 Å².